The minimum absolute atomic E-state index is 0.0708. The minimum Gasteiger partial charge on any atom is -0.481 e. The number of hydrogen-bond acceptors (Lipinski definition) is 2. The van der Waals surface area contributed by atoms with Crippen molar-refractivity contribution in [2.45, 2.75) is 31.9 Å². The average molecular weight is 329 g/mol. The van der Waals surface area contributed by atoms with Crippen LogP contribution in [0.2, 0.25) is 0 Å². The highest BCUT2D eigenvalue weighted by atomic mass is 19.4. The fraction of sp³-hybridized carbons (Fsp3) is 0.500. The summed E-state index contributed by atoms with van der Waals surface area (Å²) in [5.74, 6) is -3.89. The van der Waals surface area contributed by atoms with Crippen LogP contribution in [0.5, 0.6) is 0 Å². The summed E-state index contributed by atoms with van der Waals surface area (Å²) in [5, 5.41) is 9.49. The van der Waals surface area contributed by atoms with Crippen LogP contribution in [0, 0.1) is 12.8 Å². The van der Waals surface area contributed by atoms with Crippen molar-refractivity contribution >= 4 is 11.9 Å². The number of aryl methyl sites for hydroxylation is 1. The number of amides is 1. The maximum absolute atomic E-state index is 12.4. The Labute approximate surface area is 131 Å². The molecule has 0 saturated carbocycles. The smallest absolute Gasteiger partial charge is 0.471 e. The van der Waals surface area contributed by atoms with Gasteiger partial charge in [-0.05, 0) is 31.2 Å². The number of nitrogens with zero attached hydrogens (tertiary/aromatic N) is 1. The number of hydrogen-bond donors (Lipinski definition) is 1. The van der Waals surface area contributed by atoms with E-state index >= 15 is 0 Å². The zero-order valence-electron chi connectivity index (χ0n) is 12.6. The number of piperidine rings is 1. The second-order valence-electron chi connectivity index (χ2n) is 5.85. The molecule has 0 radical (unpaired) electrons. The zero-order valence-corrected chi connectivity index (χ0v) is 12.6. The first-order chi connectivity index (χ1) is 10.7. The number of carbonyl (C=O) groups excluding carboxylic acids is 1. The number of benzene rings is 1. The van der Waals surface area contributed by atoms with E-state index in [0.717, 1.165) is 10.5 Å². The first-order valence-electron chi connectivity index (χ1n) is 7.35. The molecule has 7 heteroatoms. The highest BCUT2D eigenvalue weighted by Crippen LogP contribution is 2.34. The summed E-state index contributed by atoms with van der Waals surface area (Å²) in [6, 6.07) is 7.10. The Balaban J connectivity index is 2.08. The number of carbonyl (C=O) groups is 2. The van der Waals surface area contributed by atoms with Gasteiger partial charge in [0.05, 0.1) is 5.92 Å². The van der Waals surface area contributed by atoms with E-state index in [1.165, 1.54) is 0 Å². The van der Waals surface area contributed by atoms with Crippen LogP contribution in [-0.2, 0) is 9.59 Å². The number of aliphatic carboxylic acids is 1. The van der Waals surface area contributed by atoms with Crippen molar-refractivity contribution in [2.24, 2.45) is 5.92 Å². The summed E-state index contributed by atoms with van der Waals surface area (Å²) >= 11 is 0. The molecule has 1 aromatic rings. The van der Waals surface area contributed by atoms with Crippen LogP contribution in [0.3, 0.4) is 0 Å². The van der Waals surface area contributed by atoms with Gasteiger partial charge in [-0.15, -0.1) is 0 Å². The first kappa shape index (κ1) is 17.3. The lowest BCUT2D eigenvalue weighted by Gasteiger charge is -2.35. The molecule has 1 atom stereocenters. The molecule has 0 aliphatic carbocycles. The van der Waals surface area contributed by atoms with Gasteiger partial charge in [0.1, 0.15) is 0 Å². The molecule has 0 bridgehead atoms. The highest BCUT2D eigenvalue weighted by Gasteiger charge is 2.44. The molecular formula is C16H18F3NO3. The van der Waals surface area contributed by atoms with Crippen molar-refractivity contribution in [3.63, 3.8) is 0 Å². The van der Waals surface area contributed by atoms with E-state index < -0.39 is 24.0 Å². The van der Waals surface area contributed by atoms with E-state index in [1.54, 1.807) is 12.1 Å². The molecule has 23 heavy (non-hydrogen) atoms. The van der Waals surface area contributed by atoms with Gasteiger partial charge in [-0.3, -0.25) is 9.59 Å². The maximum Gasteiger partial charge on any atom is 0.471 e. The predicted molar refractivity (Wildman–Crippen MR) is 76.9 cm³/mol. The van der Waals surface area contributed by atoms with Crippen LogP contribution in [0.25, 0.3) is 0 Å². The molecule has 1 fully saturated rings. The van der Waals surface area contributed by atoms with E-state index in [1.807, 2.05) is 19.1 Å². The van der Waals surface area contributed by atoms with Crippen LogP contribution >= 0.6 is 0 Å². The topological polar surface area (TPSA) is 57.6 Å². The predicted octanol–water partition coefficient (Wildman–Crippen LogP) is 2.96. The van der Waals surface area contributed by atoms with Crippen LogP contribution in [-0.4, -0.2) is 41.1 Å². The van der Waals surface area contributed by atoms with Crippen molar-refractivity contribution in [3.8, 4) is 0 Å². The number of carboxylic acids is 1. The summed E-state index contributed by atoms with van der Waals surface area (Å²) in [4.78, 5) is 23.6. The third-order valence-corrected chi connectivity index (χ3v) is 4.24. The molecule has 1 aliphatic heterocycles. The van der Waals surface area contributed by atoms with Crippen molar-refractivity contribution in [2.75, 3.05) is 13.1 Å². The first-order valence-corrected chi connectivity index (χ1v) is 7.35. The Morgan fingerprint density at radius 3 is 2.13 bits per heavy atom. The summed E-state index contributed by atoms with van der Waals surface area (Å²) in [5.41, 5.74) is 1.65. The fourth-order valence-corrected chi connectivity index (χ4v) is 3.01. The van der Waals surface area contributed by atoms with E-state index in [2.05, 4.69) is 0 Å². The molecule has 1 N–H and O–H groups in total. The number of alkyl halides is 3. The molecule has 4 nitrogen and oxygen atoms in total. The number of rotatable bonds is 3. The third-order valence-electron chi connectivity index (χ3n) is 4.24. The standard InChI is InChI=1S/C16H18F3NO3/c1-10-2-4-11(5-3-10)13(14(21)22)12-6-8-20(9-7-12)15(23)16(17,18)19/h2-5,12-13H,6-9H2,1H3,(H,21,22). The van der Waals surface area contributed by atoms with E-state index in [-0.39, 0.29) is 31.8 Å². The summed E-state index contributed by atoms with van der Waals surface area (Å²) in [7, 11) is 0. The van der Waals surface area contributed by atoms with Crippen LogP contribution in [0.15, 0.2) is 24.3 Å². The Kier molecular flexibility index (Phi) is 4.97. The van der Waals surface area contributed by atoms with Gasteiger partial charge in [0.15, 0.2) is 0 Å². The molecule has 1 aromatic carbocycles. The van der Waals surface area contributed by atoms with Gasteiger partial charge in [-0.2, -0.15) is 13.2 Å². The molecular weight excluding hydrogens is 311 g/mol. The Morgan fingerprint density at radius 2 is 1.70 bits per heavy atom. The fourth-order valence-electron chi connectivity index (χ4n) is 3.01. The minimum atomic E-state index is -4.88. The van der Waals surface area contributed by atoms with Crippen molar-refractivity contribution in [3.05, 3.63) is 35.4 Å². The molecule has 2 rings (SSSR count). The number of halogens is 3. The van der Waals surface area contributed by atoms with Crippen molar-refractivity contribution in [1.82, 2.24) is 4.90 Å². The van der Waals surface area contributed by atoms with Gasteiger partial charge in [0.2, 0.25) is 0 Å². The Hall–Kier alpha value is -2.05. The van der Waals surface area contributed by atoms with Crippen LogP contribution < -0.4 is 0 Å². The zero-order chi connectivity index (χ0) is 17.2. The van der Waals surface area contributed by atoms with Gasteiger partial charge in [-0.1, -0.05) is 29.8 Å². The lowest BCUT2D eigenvalue weighted by Crippen LogP contribution is -2.46. The summed E-state index contributed by atoms with van der Waals surface area (Å²) in [6.45, 7) is 1.75. The Bertz CT molecular complexity index is 575. The van der Waals surface area contributed by atoms with Crippen LogP contribution in [0.1, 0.15) is 29.9 Å². The Morgan fingerprint density at radius 1 is 1.17 bits per heavy atom. The molecule has 1 heterocycles. The lowest BCUT2D eigenvalue weighted by atomic mass is 9.80. The van der Waals surface area contributed by atoms with Gasteiger partial charge < -0.3 is 10.0 Å². The normalized spacial score (nSPS) is 17.8. The second-order valence-corrected chi connectivity index (χ2v) is 5.85. The number of carboxylic acid groups (broad SMARTS) is 1. The van der Waals surface area contributed by atoms with E-state index in [9.17, 15) is 27.9 Å². The van der Waals surface area contributed by atoms with Gasteiger partial charge in [0, 0.05) is 13.1 Å². The molecule has 1 amide bonds. The average Bonchev–Trinajstić information content (AvgIpc) is 2.48. The highest BCUT2D eigenvalue weighted by molar-refractivity contribution is 5.82. The molecule has 1 unspecified atom stereocenters. The lowest BCUT2D eigenvalue weighted by molar-refractivity contribution is -0.186. The van der Waals surface area contributed by atoms with Crippen molar-refractivity contribution < 1.29 is 27.9 Å². The molecule has 1 saturated heterocycles. The van der Waals surface area contributed by atoms with Gasteiger partial charge >= 0.3 is 18.1 Å². The van der Waals surface area contributed by atoms with E-state index in [4.69, 9.17) is 0 Å². The van der Waals surface area contributed by atoms with E-state index in [0.29, 0.717) is 5.56 Å². The largest absolute Gasteiger partial charge is 0.481 e. The number of likely N-dealkylation sites (tertiary alicyclic amines) is 1. The third kappa shape index (κ3) is 4.03. The van der Waals surface area contributed by atoms with Crippen molar-refractivity contribution in [1.29, 1.82) is 0 Å². The second kappa shape index (κ2) is 6.60. The monoisotopic (exact) mass is 329 g/mol. The van der Waals surface area contributed by atoms with Gasteiger partial charge in [-0.25, -0.2) is 0 Å². The molecule has 0 spiro atoms. The quantitative estimate of drug-likeness (QED) is 0.927. The van der Waals surface area contributed by atoms with Gasteiger partial charge in [0.25, 0.3) is 0 Å². The molecule has 0 aromatic heterocycles. The maximum atomic E-state index is 12.4. The molecule has 126 valence electrons. The van der Waals surface area contributed by atoms with Crippen LogP contribution in [0.4, 0.5) is 13.2 Å². The SMILES string of the molecule is Cc1ccc(C(C(=O)O)C2CCN(C(=O)C(F)(F)F)CC2)cc1. The molecule has 1 aliphatic rings. The summed E-state index contributed by atoms with van der Waals surface area (Å²) in [6.07, 6.45) is -4.39. The summed E-state index contributed by atoms with van der Waals surface area (Å²) < 4.78 is 37.3.